The minimum atomic E-state index is -2.91. The lowest BCUT2D eigenvalue weighted by Crippen LogP contribution is -1.80. The van der Waals surface area contributed by atoms with Crippen LogP contribution in [0.3, 0.4) is 0 Å². The molecule has 0 aliphatic carbocycles. The molecule has 0 aromatic carbocycles. The summed E-state index contributed by atoms with van der Waals surface area (Å²) < 4.78 is 20.5. The monoisotopic (exact) mass is 190 g/mol. The lowest BCUT2D eigenvalue weighted by Gasteiger charge is -1.73. The Bertz CT molecular complexity index is 229. The molecule has 0 atom stereocenters. The molecule has 1 aliphatic rings. The average Bonchev–Trinajstić information content (AvgIpc) is 2.40. The molecule has 12 heavy (non-hydrogen) atoms. The first kappa shape index (κ1) is 13.7. The van der Waals surface area contributed by atoms with Gasteiger partial charge in [-0.05, 0) is 19.1 Å². The van der Waals surface area contributed by atoms with Gasteiger partial charge in [0.05, 0.1) is 0 Å². The van der Waals surface area contributed by atoms with Crippen molar-refractivity contribution in [1.29, 1.82) is 0 Å². The Morgan fingerprint density at radius 2 is 1.33 bits per heavy atom. The molecule has 0 saturated carbocycles. The van der Waals surface area contributed by atoms with Crippen LogP contribution in [0.4, 0.5) is 0 Å². The van der Waals surface area contributed by atoms with Crippen molar-refractivity contribution in [2.45, 2.75) is 20.8 Å². The molecule has 4 heteroatoms. The van der Waals surface area contributed by atoms with E-state index in [0.29, 0.717) is 0 Å². The van der Waals surface area contributed by atoms with Gasteiger partial charge in [0.2, 0.25) is 0 Å². The van der Waals surface area contributed by atoms with Crippen molar-refractivity contribution >= 4 is 16.1 Å². The van der Waals surface area contributed by atoms with Gasteiger partial charge in [-0.15, -0.1) is 0 Å². The largest absolute Gasteiger partial charge is 0.304 e. The molecule has 0 spiro atoms. The molecule has 0 bridgehead atoms. The Kier molecular flexibility index (Phi) is 9.34. The molecular formula is C8H14O3S. The summed E-state index contributed by atoms with van der Waals surface area (Å²) in [4.78, 5) is 8.81. The van der Waals surface area contributed by atoms with Crippen LogP contribution in [-0.4, -0.2) is 14.7 Å². The second-order valence-corrected chi connectivity index (χ2v) is 3.20. The molecule has 1 heterocycles. The minimum absolute atomic E-state index is 0.750. The fourth-order valence-electron chi connectivity index (χ4n) is 0.355. The van der Waals surface area contributed by atoms with Gasteiger partial charge >= 0.3 is 0 Å². The van der Waals surface area contributed by atoms with E-state index in [2.05, 4.69) is 0 Å². The first-order valence-electron chi connectivity index (χ1n) is 3.62. The van der Waals surface area contributed by atoms with Crippen LogP contribution in [0.5, 0.6) is 0 Å². The van der Waals surface area contributed by atoms with Crippen LogP contribution in [0.25, 0.3) is 0 Å². The summed E-state index contributed by atoms with van der Waals surface area (Å²) in [7, 11) is -2.91. The Hall–Kier alpha value is -0.900. The summed E-state index contributed by atoms with van der Waals surface area (Å²) >= 11 is 0. The Morgan fingerprint density at radius 3 is 1.42 bits per heavy atom. The third-order valence-electron chi connectivity index (χ3n) is 0.648. The number of rotatable bonds is 0. The van der Waals surface area contributed by atoms with Gasteiger partial charge in [-0.25, -0.2) is 8.42 Å². The number of hydrogen-bond donors (Lipinski definition) is 0. The molecule has 0 radical (unpaired) electrons. The average molecular weight is 190 g/mol. The maximum Gasteiger partial charge on any atom is 0.193 e. The normalized spacial score (nSPS) is 15.2. The molecule has 0 saturated heterocycles. The Morgan fingerprint density at radius 1 is 1.08 bits per heavy atom. The molecule has 3 nitrogen and oxygen atoms in total. The molecule has 0 unspecified atom stereocenters. The van der Waals surface area contributed by atoms with E-state index in [0.717, 1.165) is 17.1 Å². The van der Waals surface area contributed by atoms with E-state index in [9.17, 15) is 8.42 Å². The quantitative estimate of drug-likeness (QED) is 0.546. The highest BCUT2D eigenvalue weighted by molar-refractivity contribution is 7.97. The summed E-state index contributed by atoms with van der Waals surface area (Å²) in [6.07, 6.45) is 3.74. The highest BCUT2D eigenvalue weighted by Crippen LogP contribution is 2.01. The number of hydrogen-bond acceptors (Lipinski definition) is 3. The van der Waals surface area contributed by atoms with Crippen LogP contribution in [0, 0.1) is 0 Å². The Labute approximate surface area is 73.7 Å². The van der Waals surface area contributed by atoms with Gasteiger partial charge in [0.1, 0.15) is 6.29 Å². The highest BCUT2D eigenvalue weighted by atomic mass is 32.2. The van der Waals surface area contributed by atoms with Crippen molar-refractivity contribution in [1.82, 2.24) is 0 Å². The summed E-state index contributed by atoms with van der Waals surface area (Å²) in [5, 5.41) is 2.32. The fraction of sp³-hybridized carbons (Fsp3) is 0.375. The maximum absolute atomic E-state index is 10.3. The van der Waals surface area contributed by atoms with Crippen molar-refractivity contribution in [2.75, 3.05) is 0 Å². The number of carbonyl (C=O) groups excluding carboxylic acids is 1. The molecule has 0 aromatic heterocycles. The molecule has 0 N–H and O–H groups in total. The zero-order chi connectivity index (χ0) is 10.0. The number of carbonyl (C=O) groups is 1. The van der Waals surface area contributed by atoms with E-state index in [-0.39, 0.29) is 0 Å². The zero-order valence-electron chi connectivity index (χ0n) is 7.52. The number of aldehydes is 1. The van der Waals surface area contributed by atoms with E-state index < -0.39 is 9.84 Å². The van der Waals surface area contributed by atoms with Crippen LogP contribution in [0.2, 0.25) is 0 Å². The lowest BCUT2D eigenvalue weighted by molar-refractivity contribution is -0.106. The predicted molar refractivity (Wildman–Crippen MR) is 50.3 cm³/mol. The highest BCUT2D eigenvalue weighted by Gasteiger charge is 2.00. The predicted octanol–water partition coefficient (Wildman–Crippen LogP) is 1.67. The van der Waals surface area contributed by atoms with E-state index in [1.165, 1.54) is 19.1 Å². The van der Waals surface area contributed by atoms with Gasteiger partial charge in [0.15, 0.2) is 9.84 Å². The van der Waals surface area contributed by atoms with Gasteiger partial charge in [0, 0.05) is 10.8 Å². The number of sulfone groups is 1. The van der Waals surface area contributed by atoms with Crippen LogP contribution in [0.1, 0.15) is 20.8 Å². The van der Waals surface area contributed by atoms with E-state index in [1.54, 1.807) is 0 Å². The summed E-state index contributed by atoms with van der Waals surface area (Å²) in [6, 6.07) is 0. The first-order chi connectivity index (χ1) is 5.62. The van der Waals surface area contributed by atoms with Gasteiger partial charge in [-0.2, -0.15) is 0 Å². The fourth-order valence-corrected chi connectivity index (χ4v) is 1.07. The Balaban J connectivity index is 0. The van der Waals surface area contributed by atoms with Gasteiger partial charge < -0.3 is 4.79 Å². The zero-order valence-corrected chi connectivity index (χ0v) is 8.34. The summed E-state index contributed by atoms with van der Waals surface area (Å²) in [5.74, 6) is 0. The minimum Gasteiger partial charge on any atom is -0.304 e. The van der Waals surface area contributed by atoms with E-state index in [1.807, 2.05) is 13.8 Å². The second kappa shape index (κ2) is 8.20. The van der Waals surface area contributed by atoms with Crippen molar-refractivity contribution in [3.8, 4) is 0 Å². The van der Waals surface area contributed by atoms with Crippen molar-refractivity contribution in [2.24, 2.45) is 0 Å². The standard InChI is InChI=1S/C4H4O2S.C2H4O.C2H6/c5-7(6)3-1-2-4-7;1-2-3;1-2/h1-4H;2H,1H3;1-2H3. The molecule has 1 rings (SSSR count). The van der Waals surface area contributed by atoms with E-state index >= 15 is 0 Å². The van der Waals surface area contributed by atoms with Crippen molar-refractivity contribution in [3.05, 3.63) is 23.0 Å². The van der Waals surface area contributed by atoms with E-state index in [4.69, 9.17) is 4.79 Å². The SMILES string of the molecule is CC.CC=O.O=S1(=O)C=CC=C1. The van der Waals surface area contributed by atoms with Crippen LogP contribution in [0.15, 0.2) is 23.0 Å². The topological polar surface area (TPSA) is 51.2 Å². The maximum atomic E-state index is 10.3. The molecule has 1 aliphatic heterocycles. The summed E-state index contributed by atoms with van der Waals surface area (Å²) in [6.45, 7) is 5.44. The molecular weight excluding hydrogens is 176 g/mol. The molecule has 0 fully saturated rings. The lowest BCUT2D eigenvalue weighted by atomic mass is 10.6. The summed E-state index contributed by atoms with van der Waals surface area (Å²) in [5.41, 5.74) is 0. The number of allylic oxidation sites excluding steroid dienone is 2. The van der Waals surface area contributed by atoms with Crippen molar-refractivity contribution < 1.29 is 13.2 Å². The smallest absolute Gasteiger partial charge is 0.193 e. The van der Waals surface area contributed by atoms with Gasteiger partial charge in [-0.1, -0.05) is 13.8 Å². The first-order valence-corrected chi connectivity index (χ1v) is 5.23. The molecule has 70 valence electrons. The van der Waals surface area contributed by atoms with Gasteiger partial charge in [-0.3, -0.25) is 0 Å². The van der Waals surface area contributed by atoms with Gasteiger partial charge in [0.25, 0.3) is 0 Å². The second-order valence-electron chi connectivity index (χ2n) is 1.48. The van der Waals surface area contributed by atoms with Crippen LogP contribution < -0.4 is 0 Å². The van der Waals surface area contributed by atoms with Crippen molar-refractivity contribution in [3.63, 3.8) is 0 Å². The van der Waals surface area contributed by atoms with Crippen LogP contribution >= 0.6 is 0 Å². The molecule has 0 aromatic rings. The third-order valence-corrected chi connectivity index (χ3v) is 1.72. The molecule has 0 amide bonds. The van der Waals surface area contributed by atoms with Crippen LogP contribution in [-0.2, 0) is 14.6 Å². The third kappa shape index (κ3) is 9.10.